The van der Waals surface area contributed by atoms with Gasteiger partial charge in [-0.2, -0.15) is 22.1 Å². The minimum atomic E-state index is -3.33. The van der Waals surface area contributed by atoms with E-state index in [0.717, 1.165) is 25.7 Å². The Kier molecular flexibility index (Phi) is 6.21. The number of piperazine rings is 1. The number of nitrogens with zero attached hydrogens (tertiary/aromatic N) is 5. The highest BCUT2D eigenvalue weighted by molar-refractivity contribution is 7.86. The molecule has 3 rings (SSSR count). The Morgan fingerprint density at radius 1 is 0.880 bits per heavy atom. The Morgan fingerprint density at radius 2 is 1.52 bits per heavy atom. The average Bonchev–Trinajstić information content (AvgIpc) is 2.91. The van der Waals surface area contributed by atoms with Crippen LogP contribution in [0.15, 0.2) is 23.1 Å². The monoisotopic (exact) mass is 369 g/mol. The molecule has 0 amide bonds. The number of hydrogen-bond acceptors (Lipinski definition) is 5. The summed E-state index contributed by atoms with van der Waals surface area (Å²) < 4.78 is 30.3. The molecule has 9 heteroatoms. The van der Waals surface area contributed by atoms with Gasteiger partial charge in [0, 0.05) is 58.1 Å². The SMILES string of the molecule is O=c1cccnn1CCN1CCN(S(=O)(=O)N2CCCCCC2)CC1. The topological polar surface area (TPSA) is 78.8 Å². The first-order chi connectivity index (χ1) is 12.1. The summed E-state index contributed by atoms with van der Waals surface area (Å²) in [6.07, 6.45) is 5.75. The molecule has 0 atom stereocenters. The summed E-state index contributed by atoms with van der Waals surface area (Å²) in [6, 6.07) is 3.13. The third-order valence-corrected chi connectivity index (χ3v) is 7.00. The minimum absolute atomic E-state index is 0.107. The lowest BCUT2D eigenvalue weighted by Gasteiger charge is -2.36. The van der Waals surface area contributed by atoms with Gasteiger partial charge in [-0.15, -0.1) is 0 Å². The molecule has 2 saturated heterocycles. The van der Waals surface area contributed by atoms with Crippen molar-refractivity contribution < 1.29 is 8.42 Å². The van der Waals surface area contributed by atoms with Gasteiger partial charge in [0.2, 0.25) is 0 Å². The third-order valence-electron chi connectivity index (χ3n) is 4.96. The molecule has 25 heavy (non-hydrogen) atoms. The standard InChI is InChI=1S/C16H27N5O3S/c22-16-6-5-7-17-21(16)15-12-18-10-13-20(14-11-18)25(23,24)19-8-3-1-2-4-9-19/h5-7H,1-4,8-15H2. The maximum atomic E-state index is 12.8. The third kappa shape index (κ3) is 4.66. The van der Waals surface area contributed by atoms with Gasteiger partial charge in [-0.3, -0.25) is 9.69 Å². The van der Waals surface area contributed by atoms with Crippen molar-refractivity contribution in [1.82, 2.24) is 23.3 Å². The van der Waals surface area contributed by atoms with Crippen molar-refractivity contribution >= 4 is 10.2 Å². The molecule has 0 unspecified atom stereocenters. The Balaban J connectivity index is 1.51. The maximum Gasteiger partial charge on any atom is 0.282 e. The fourth-order valence-corrected chi connectivity index (χ4v) is 5.08. The van der Waals surface area contributed by atoms with Gasteiger partial charge in [-0.05, 0) is 18.9 Å². The molecule has 1 aromatic heterocycles. The van der Waals surface area contributed by atoms with Crippen LogP contribution in [-0.4, -0.2) is 77.5 Å². The van der Waals surface area contributed by atoms with E-state index in [9.17, 15) is 13.2 Å². The first-order valence-electron chi connectivity index (χ1n) is 9.07. The van der Waals surface area contributed by atoms with Crippen LogP contribution in [0, 0.1) is 0 Å². The Bertz CT molecular complexity index is 704. The molecule has 0 aromatic carbocycles. The van der Waals surface area contributed by atoms with Crippen molar-refractivity contribution in [2.45, 2.75) is 32.2 Å². The Labute approximate surface area is 149 Å². The van der Waals surface area contributed by atoms with Crippen molar-refractivity contribution in [3.05, 3.63) is 28.7 Å². The van der Waals surface area contributed by atoms with Crippen molar-refractivity contribution in [3.8, 4) is 0 Å². The summed E-state index contributed by atoms with van der Waals surface area (Å²) in [4.78, 5) is 13.9. The first-order valence-corrected chi connectivity index (χ1v) is 10.5. The summed E-state index contributed by atoms with van der Waals surface area (Å²) in [5.41, 5.74) is -0.107. The molecule has 2 aliphatic rings. The van der Waals surface area contributed by atoms with Gasteiger partial charge in [0.1, 0.15) is 0 Å². The lowest BCUT2D eigenvalue weighted by atomic mass is 10.2. The van der Waals surface area contributed by atoms with E-state index in [2.05, 4.69) is 10.00 Å². The molecular weight excluding hydrogens is 342 g/mol. The first kappa shape index (κ1) is 18.5. The maximum absolute atomic E-state index is 12.8. The van der Waals surface area contributed by atoms with Crippen molar-refractivity contribution in [2.75, 3.05) is 45.8 Å². The van der Waals surface area contributed by atoms with Crippen molar-refractivity contribution in [1.29, 1.82) is 0 Å². The summed E-state index contributed by atoms with van der Waals surface area (Å²) >= 11 is 0. The second kappa shape index (κ2) is 8.39. The van der Waals surface area contributed by atoms with Gasteiger partial charge >= 0.3 is 0 Å². The fourth-order valence-electron chi connectivity index (χ4n) is 3.41. The van der Waals surface area contributed by atoms with Crippen molar-refractivity contribution in [3.63, 3.8) is 0 Å². The van der Waals surface area contributed by atoms with Crippen LogP contribution in [0.5, 0.6) is 0 Å². The highest BCUT2D eigenvalue weighted by Gasteiger charge is 2.32. The molecule has 140 valence electrons. The van der Waals surface area contributed by atoms with E-state index in [1.165, 1.54) is 10.7 Å². The van der Waals surface area contributed by atoms with Gasteiger partial charge in [-0.1, -0.05) is 12.8 Å². The number of rotatable bonds is 5. The normalized spacial score (nSPS) is 21.9. The zero-order chi connectivity index (χ0) is 17.7. The van der Waals surface area contributed by atoms with Gasteiger partial charge in [-0.25, -0.2) is 4.68 Å². The summed E-state index contributed by atoms with van der Waals surface area (Å²) in [5, 5.41) is 4.05. The second-order valence-corrected chi connectivity index (χ2v) is 8.58. The highest BCUT2D eigenvalue weighted by atomic mass is 32.2. The van der Waals surface area contributed by atoms with Crippen molar-refractivity contribution in [2.24, 2.45) is 0 Å². The van der Waals surface area contributed by atoms with E-state index in [1.54, 1.807) is 20.9 Å². The van der Waals surface area contributed by atoms with E-state index in [1.807, 2.05) is 0 Å². The molecule has 1 aromatic rings. The van der Waals surface area contributed by atoms with Gasteiger partial charge in [0.05, 0.1) is 6.54 Å². The van der Waals surface area contributed by atoms with E-state index >= 15 is 0 Å². The number of aromatic nitrogens is 2. The smallest absolute Gasteiger partial charge is 0.282 e. The highest BCUT2D eigenvalue weighted by Crippen LogP contribution is 2.17. The zero-order valence-corrected chi connectivity index (χ0v) is 15.4. The predicted octanol–water partition coefficient (Wildman–Crippen LogP) is -0.0183. The minimum Gasteiger partial charge on any atom is -0.299 e. The average molecular weight is 369 g/mol. The molecule has 0 saturated carbocycles. The Morgan fingerprint density at radius 3 is 2.16 bits per heavy atom. The number of hydrogen-bond donors (Lipinski definition) is 0. The zero-order valence-electron chi connectivity index (χ0n) is 14.6. The molecule has 8 nitrogen and oxygen atoms in total. The fraction of sp³-hybridized carbons (Fsp3) is 0.750. The summed E-state index contributed by atoms with van der Waals surface area (Å²) in [6.45, 7) is 4.92. The van der Waals surface area contributed by atoms with Crippen LogP contribution < -0.4 is 5.56 Å². The van der Waals surface area contributed by atoms with Crippen LogP contribution in [0.25, 0.3) is 0 Å². The van der Waals surface area contributed by atoms with Crippen LogP contribution in [0.4, 0.5) is 0 Å². The molecule has 2 aliphatic heterocycles. The lowest BCUT2D eigenvalue weighted by Crippen LogP contribution is -2.53. The van der Waals surface area contributed by atoms with Crippen LogP contribution in [0.1, 0.15) is 25.7 Å². The van der Waals surface area contributed by atoms with E-state index in [4.69, 9.17) is 0 Å². The molecule has 0 aliphatic carbocycles. The van der Waals surface area contributed by atoms with Crippen LogP contribution in [0.3, 0.4) is 0 Å². The Hall–Kier alpha value is -1.29. The van der Waals surface area contributed by atoms with Crippen LogP contribution in [-0.2, 0) is 16.8 Å². The van der Waals surface area contributed by atoms with Crippen LogP contribution >= 0.6 is 0 Å². The van der Waals surface area contributed by atoms with Gasteiger partial charge < -0.3 is 0 Å². The molecule has 0 N–H and O–H groups in total. The molecule has 0 bridgehead atoms. The molecule has 0 radical (unpaired) electrons. The molecule has 0 spiro atoms. The van der Waals surface area contributed by atoms with E-state index in [-0.39, 0.29) is 5.56 Å². The summed E-state index contributed by atoms with van der Waals surface area (Å²) in [5.74, 6) is 0. The molecule has 2 fully saturated rings. The largest absolute Gasteiger partial charge is 0.299 e. The predicted molar refractivity (Wildman–Crippen MR) is 95.5 cm³/mol. The second-order valence-electron chi connectivity index (χ2n) is 6.65. The van der Waals surface area contributed by atoms with Crippen LogP contribution in [0.2, 0.25) is 0 Å². The van der Waals surface area contributed by atoms with Gasteiger partial charge in [0.15, 0.2) is 0 Å². The quantitative estimate of drug-likeness (QED) is 0.729. The molecular formula is C16H27N5O3S. The van der Waals surface area contributed by atoms with Gasteiger partial charge in [0.25, 0.3) is 15.8 Å². The molecule has 3 heterocycles. The lowest BCUT2D eigenvalue weighted by molar-refractivity contribution is 0.173. The van der Waals surface area contributed by atoms with E-state index in [0.29, 0.717) is 52.4 Å². The summed E-state index contributed by atoms with van der Waals surface area (Å²) in [7, 11) is -3.33. The van der Waals surface area contributed by atoms with E-state index < -0.39 is 10.2 Å².